The number of unbranched alkanes of at least 4 members (excludes halogenated alkanes) is 7. The second-order valence-electron chi connectivity index (χ2n) is 11.4. The number of benzene rings is 1. The third kappa shape index (κ3) is 14.4. The second kappa shape index (κ2) is 16.0. The number of non-ortho nitro benzene ring substituents is 1. The van der Waals surface area contributed by atoms with Crippen LogP contribution in [0.4, 0.5) is 17.1 Å². The number of anilines is 1. The highest BCUT2D eigenvalue weighted by molar-refractivity contribution is 6.70. The first-order valence-corrected chi connectivity index (χ1v) is 20.2. The molecule has 0 saturated heterocycles. The topological polar surface area (TPSA) is 117 Å². The number of rotatable bonds is 19. The Morgan fingerprint density at radius 1 is 0.919 bits per heavy atom. The van der Waals surface area contributed by atoms with Gasteiger partial charge in [-0.25, -0.2) is 0 Å². The summed E-state index contributed by atoms with van der Waals surface area (Å²) in [5.74, 6) is 0. The molecule has 0 radical (unpaired) electrons. The first-order valence-electron chi connectivity index (χ1n) is 13.4. The van der Waals surface area contributed by atoms with Gasteiger partial charge in [0.1, 0.15) is 5.69 Å². The Labute approximate surface area is 224 Å². The lowest BCUT2D eigenvalue weighted by Gasteiger charge is -2.33. The maximum absolute atomic E-state index is 11.7. The zero-order chi connectivity index (χ0) is 28.1. The molecule has 2 unspecified atom stereocenters. The minimum absolute atomic E-state index is 0.212. The molecule has 1 N–H and O–H groups in total. The van der Waals surface area contributed by atoms with Gasteiger partial charge in [0, 0.05) is 6.07 Å². The highest BCUT2D eigenvalue weighted by Gasteiger charge is 2.30. The summed E-state index contributed by atoms with van der Waals surface area (Å²) in [5.41, 5.74) is -0.452. The van der Waals surface area contributed by atoms with E-state index in [-0.39, 0.29) is 23.2 Å². The molecule has 1 aromatic rings. The SMILES string of the molecule is CCCCCCCCCC=CC(O[Si](C)(C)C)C(CO[Si](C)(C)C)Nc1ccc([N+](=O)[O-])cc1[N+](=O)[O-]. The predicted molar refractivity (Wildman–Crippen MR) is 156 cm³/mol. The number of hydrogen-bond acceptors (Lipinski definition) is 7. The zero-order valence-corrected chi connectivity index (χ0v) is 25.7. The zero-order valence-electron chi connectivity index (χ0n) is 23.7. The first kappa shape index (κ1) is 32.9. The van der Waals surface area contributed by atoms with Crippen molar-refractivity contribution in [2.24, 2.45) is 0 Å². The quantitative estimate of drug-likeness (QED) is 0.0605. The van der Waals surface area contributed by atoms with Crippen LogP contribution >= 0.6 is 0 Å². The molecule has 37 heavy (non-hydrogen) atoms. The van der Waals surface area contributed by atoms with Crippen molar-refractivity contribution in [3.05, 3.63) is 50.6 Å². The van der Waals surface area contributed by atoms with Gasteiger partial charge >= 0.3 is 0 Å². The molecule has 210 valence electrons. The average Bonchev–Trinajstić information content (AvgIpc) is 2.78. The minimum atomic E-state index is -1.99. The molecular weight excluding hydrogens is 506 g/mol. The first-order chi connectivity index (χ1) is 17.2. The molecule has 0 aliphatic rings. The number of nitrogens with zero attached hydrogens (tertiary/aromatic N) is 2. The van der Waals surface area contributed by atoms with Crippen LogP contribution in [0, 0.1) is 20.2 Å². The standard InChI is InChI=1S/C26H47N3O6Si2/c1-8-9-10-11-12-13-14-15-16-17-26(35-37(5,6)7)24(21-34-36(2,3)4)27-23-19-18-22(28(30)31)20-25(23)29(32)33/h16-20,24,26-27H,8-15,21H2,1-7H3. The summed E-state index contributed by atoms with van der Waals surface area (Å²) in [5, 5.41) is 26.1. The third-order valence-corrected chi connectivity index (χ3v) is 7.62. The molecule has 0 aliphatic heterocycles. The predicted octanol–water partition coefficient (Wildman–Crippen LogP) is 8.05. The van der Waals surface area contributed by atoms with Gasteiger partial charge in [-0.1, -0.05) is 57.6 Å². The average molecular weight is 554 g/mol. The fourth-order valence-electron chi connectivity index (χ4n) is 3.78. The van der Waals surface area contributed by atoms with Gasteiger partial charge in [0.05, 0.1) is 34.7 Å². The summed E-state index contributed by atoms with van der Waals surface area (Å²) in [7, 11) is -3.88. The summed E-state index contributed by atoms with van der Waals surface area (Å²) < 4.78 is 12.7. The van der Waals surface area contributed by atoms with Crippen molar-refractivity contribution < 1.29 is 18.7 Å². The van der Waals surface area contributed by atoms with E-state index in [1.165, 1.54) is 50.7 Å². The number of nitrogens with one attached hydrogen (secondary N) is 1. The van der Waals surface area contributed by atoms with E-state index in [4.69, 9.17) is 8.85 Å². The molecule has 0 spiro atoms. The van der Waals surface area contributed by atoms with Crippen molar-refractivity contribution in [2.75, 3.05) is 11.9 Å². The van der Waals surface area contributed by atoms with Crippen LogP contribution in [0.25, 0.3) is 0 Å². The largest absolute Gasteiger partial charge is 0.415 e. The maximum Gasteiger partial charge on any atom is 0.299 e. The highest BCUT2D eigenvalue weighted by atomic mass is 28.4. The maximum atomic E-state index is 11.7. The van der Waals surface area contributed by atoms with Gasteiger partial charge in [-0.3, -0.25) is 20.2 Å². The monoisotopic (exact) mass is 553 g/mol. The Hall–Kier alpha value is -2.09. The van der Waals surface area contributed by atoms with Gasteiger partial charge in [-0.05, 0) is 58.2 Å². The lowest BCUT2D eigenvalue weighted by Crippen LogP contribution is -2.46. The summed E-state index contributed by atoms with van der Waals surface area (Å²) in [6, 6.07) is 3.26. The van der Waals surface area contributed by atoms with Gasteiger partial charge < -0.3 is 14.2 Å². The van der Waals surface area contributed by atoms with Crippen LogP contribution in [0.1, 0.15) is 58.3 Å². The fraction of sp³-hybridized carbons (Fsp3) is 0.692. The smallest absolute Gasteiger partial charge is 0.299 e. The Morgan fingerprint density at radius 2 is 1.54 bits per heavy atom. The van der Waals surface area contributed by atoms with E-state index in [9.17, 15) is 20.2 Å². The highest BCUT2D eigenvalue weighted by Crippen LogP contribution is 2.30. The van der Waals surface area contributed by atoms with Gasteiger partial charge in [-0.15, -0.1) is 0 Å². The van der Waals surface area contributed by atoms with Crippen LogP contribution in [-0.4, -0.2) is 45.2 Å². The van der Waals surface area contributed by atoms with Crippen LogP contribution < -0.4 is 5.32 Å². The van der Waals surface area contributed by atoms with Crippen molar-refractivity contribution >= 4 is 33.7 Å². The van der Waals surface area contributed by atoms with Crippen LogP contribution in [-0.2, 0) is 8.85 Å². The van der Waals surface area contributed by atoms with Crippen LogP contribution in [0.3, 0.4) is 0 Å². The molecule has 0 heterocycles. The number of hydrogen-bond donors (Lipinski definition) is 1. The summed E-state index contributed by atoms with van der Waals surface area (Å²) in [6.07, 6.45) is 13.5. The van der Waals surface area contributed by atoms with Crippen LogP contribution in [0.15, 0.2) is 30.4 Å². The van der Waals surface area contributed by atoms with Crippen molar-refractivity contribution in [3.63, 3.8) is 0 Å². The summed E-state index contributed by atoms with van der Waals surface area (Å²) >= 11 is 0. The normalized spacial score (nSPS) is 14.0. The Bertz CT molecular complexity index is 884. The lowest BCUT2D eigenvalue weighted by atomic mass is 10.1. The van der Waals surface area contributed by atoms with E-state index in [0.29, 0.717) is 6.61 Å². The molecule has 9 nitrogen and oxygen atoms in total. The Morgan fingerprint density at radius 3 is 2.08 bits per heavy atom. The van der Waals surface area contributed by atoms with E-state index in [1.807, 2.05) is 0 Å². The van der Waals surface area contributed by atoms with Crippen molar-refractivity contribution in [2.45, 2.75) is 110 Å². The minimum Gasteiger partial charge on any atom is -0.415 e. The lowest BCUT2D eigenvalue weighted by molar-refractivity contribution is -0.393. The van der Waals surface area contributed by atoms with Crippen LogP contribution in [0.5, 0.6) is 0 Å². The Balaban J connectivity index is 3.12. The fourth-order valence-corrected chi connectivity index (χ4v) is 5.52. The molecule has 0 amide bonds. The van der Waals surface area contributed by atoms with Crippen molar-refractivity contribution in [3.8, 4) is 0 Å². The second-order valence-corrected chi connectivity index (χ2v) is 20.4. The van der Waals surface area contributed by atoms with Gasteiger partial charge in [-0.2, -0.15) is 0 Å². The van der Waals surface area contributed by atoms with E-state index < -0.39 is 32.5 Å². The number of allylic oxidation sites excluding steroid dienone is 1. The Kier molecular flexibility index (Phi) is 14.2. The van der Waals surface area contributed by atoms with E-state index in [1.54, 1.807) is 0 Å². The molecule has 0 saturated carbocycles. The third-order valence-electron chi connectivity index (χ3n) is 5.61. The van der Waals surface area contributed by atoms with Gasteiger partial charge in [0.2, 0.25) is 0 Å². The van der Waals surface area contributed by atoms with Gasteiger partial charge in [0.25, 0.3) is 11.4 Å². The molecule has 1 rings (SSSR count). The van der Waals surface area contributed by atoms with Crippen LogP contribution in [0.2, 0.25) is 39.3 Å². The molecule has 0 aliphatic carbocycles. The number of nitro benzene ring substituents is 2. The molecule has 0 aromatic heterocycles. The molecule has 0 bridgehead atoms. The van der Waals surface area contributed by atoms with Crippen molar-refractivity contribution in [1.82, 2.24) is 0 Å². The molecule has 2 atom stereocenters. The molecular formula is C26H47N3O6Si2. The molecule has 1 aromatic carbocycles. The summed E-state index contributed by atoms with van der Waals surface area (Å²) in [6.45, 7) is 15.1. The van der Waals surface area contributed by atoms with E-state index >= 15 is 0 Å². The van der Waals surface area contributed by atoms with E-state index in [0.717, 1.165) is 18.9 Å². The summed E-state index contributed by atoms with van der Waals surface area (Å²) in [4.78, 5) is 21.7. The van der Waals surface area contributed by atoms with Crippen molar-refractivity contribution in [1.29, 1.82) is 0 Å². The number of nitro groups is 2. The van der Waals surface area contributed by atoms with E-state index in [2.05, 4.69) is 63.7 Å². The molecule has 11 heteroatoms. The molecule has 0 fully saturated rings. The van der Waals surface area contributed by atoms with Gasteiger partial charge in [0.15, 0.2) is 16.6 Å².